The number of aliphatic carboxylic acids is 1. The summed E-state index contributed by atoms with van der Waals surface area (Å²) in [5, 5.41) is 9.16. The zero-order chi connectivity index (χ0) is 13.1. The van der Waals surface area contributed by atoms with Gasteiger partial charge in [-0.3, -0.25) is 9.69 Å². The molecule has 1 N–H and O–H groups in total. The van der Waals surface area contributed by atoms with E-state index in [-0.39, 0.29) is 5.82 Å². The van der Waals surface area contributed by atoms with Crippen LogP contribution in [0.3, 0.4) is 0 Å². The Hall–Kier alpha value is -0.940. The van der Waals surface area contributed by atoms with Gasteiger partial charge < -0.3 is 5.11 Å². The molecule has 1 fully saturated rings. The third-order valence-corrected chi connectivity index (χ3v) is 3.91. The number of carbonyl (C=O) groups is 1. The molecule has 1 aromatic rings. The first kappa shape index (κ1) is 13.5. The van der Waals surface area contributed by atoms with Crippen molar-refractivity contribution in [3.63, 3.8) is 0 Å². The number of carboxylic acid groups (broad SMARTS) is 1. The fourth-order valence-corrected chi connectivity index (χ4v) is 2.58. The molecule has 0 bridgehead atoms. The second-order valence-electron chi connectivity index (χ2n) is 4.57. The number of rotatable bonds is 3. The van der Waals surface area contributed by atoms with Crippen molar-refractivity contribution < 1.29 is 14.3 Å². The Balaban J connectivity index is 2.10. The molecule has 3 nitrogen and oxygen atoms in total. The summed E-state index contributed by atoms with van der Waals surface area (Å²) >= 11 is 3.11. The van der Waals surface area contributed by atoms with Crippen LogP contribution in [0.1, 0.15) is 24.8 Å². The number of nitrogens with zero attached hydrogens (tertiary/aromatic N) is 1. The van der Waals surface area contributed by atoms with Crippen LogP contribution in [0.4, 0.5) is 4.39 Å². The first-order valence-electron chi connectivity index (χ1n) is 5.98. The number of benzene rings is 1. The molecule has 0 amide bonds. The predicted molar refractivity (Wildman–Crippen MR) is 69.8 cm³/mol. The highest BCUT2D eigenvalue weighted by Gasteiger charge is 2.28. The van der Waals surface area contributed by atoms with Crippen LogP contribution >= 0.6 is 15.9 Å². The molecule has 1 atom stereocenters. The molecule has 1 saturated heterocycles. The summed E-state index contributed by atoms with van der Waals surface area (Å²) in [6.45, 7) is 1.25. The molecule has 1 aromatic carbocycles. The second-order valence-corrected chi connectivity index (χ2v) is 5.42. The minimum absolute atomic E-state index is 0.309. The minimum Gasteiger partial charge on any atom is -0.480 e. The molecule has 1 aliphatic rings. The molecule has 0 saturated carbocycles. The van der Waals surface area contributed by atoms with E-state index in [0.717, 1.165) is 24.9 Å². The summed E-state index contributed by atoms with van der Waals surface area (Å²) in [6.07, 6.45) is 2.62. The van der Waals surface area contributed by atoms with Crippen molar-refractivity contribution in [1.82, 2.24) is 4.90 Å². The van der Waals surface area contributed by atoms with Gasteiger partial charge in [-0.05, 0) is 53.0 Å². The second kappa shape index (κ2) is 5.80. The lowest BCUT2D eigenvalue weighted by Gasteiger charge is -2.32. The summed E-state index contributed by atoms with van der Waals surface area (Å²) in [7, 11) is 0. The van der Waals surface area contributed by atoms with E-state index in [1.54, 1.807) is 6.07 Å². The van der Waals surface area contributed by atoms with E-state index >= 15 is 0 Å². The van der Waals surface area contributed by atoms with Crippen molar-refractivity contribution in [3.8, 4) is 0 Å². The van der Waals surface area contributed by atoms with Crippen LogP contribution < -0.4 is 0 Å². The molecule has 1 heterocycles. The number of likely N-dealkylation sites (tertiary alicyclic amines) is 1. The predicted octanol–water partition coefficient (Wildman–Crippen LogP) is 3.03. The van der Waals surface area contributed by atoms with Crippen LogP contribution in [-0.4, -0.2) is 28.6 Å². The van der Waals surface area contributed by atoms with E-state index in [4.69, 9.17) is 5.11 Å². The van der Waals surface area contributed by atoms with Crippen molar-refractivity contribution in [2.75, 3.05) is 6.54 Å². The number of hydrogen-bond donors (Lipinski definition) is 1. The quantitative estimate of drug-likeness (QED) is 0.932. The van der Waals surface area contributed by atoms with E-state index in [9.17, 15) is 9.18 Å². The van der Waals surface area contributed by atoms with Crippen LogP contribution in [0.2, 0.25) is 0 Å². The van der Waals surface area contributed by atoms with Crippen LogP contribution in [0.15, 0.2) is 22.7 Å². The molecule has 1 unspecified atom stereocenters. The average molecular weight is 316 g/mol. The lowest BCUT2D eigenvalue weighted by molar-refractivity contribution is -0.144. The molecule has 0 aromatic heterocycles. The molecule has 98 valence electrons. The largest absolute Gasteiger partial charge is 0.480 e. The van der Waals surface area contributed by atoms with Gasteiger partial charge in [0.2, 0.25) is 0 Å². The number of piperidine rings is 1. The first-order chi connectivity index (χ1) is 8.58. The van der Waals surface area contributed by atoms with Gasteiger partial charge in [-0.25, -0.2) is 4.39 Å². The van der Waals surface area contributed by atoms with Crippen molar-refractivity contribution in [1.29, 1.82) is 0 Å². The Morgan fingerprint density at radius 2 is 2.28 bits per heavy atom. The Labute approximate surface area is 114 Å². The maximum atomic E-state index is 13.4. The van der Waals surface area contributed by atoms with Gasteiger partial charge in [0, 0.05) is 6.54 Å². The lowest BCUT2D eigenvalue weighted by Crippen LogP contribution is -2.44. The van der Waals surface area contributed by atoms with Gasteiger partial charge in [0.1, 0.15) is 11.9 Å². The summed E-state index contributed by atoms with van der Waals surface area (Å²) in [6, 6.07) is 4.49. The van der Waals surface area contributed by atoms with Gasteiger partial charge in [0.05, 0.1) is 4.47 Å². The normalized spacial score (nSPS) is 20.9. The van der Waals surface area contributed by atoms with Crippen LogP contribution in [-0.2, 0) is 11.3 Å². The molecule has 2 rings (SSSR count). The van der Waals surface area contributed by atoms with Gasteiger partial charge in [-0.1, -0.05) is 12.5 Å². The Bertz CT molecular complexity index is 453. The average Bonchev–Trinajstić information content (AvgIpc) is 2.34. The zero-order valence-electron chi connectivity index (χ0n) is 9.90. The molecule has 18 heavy (non-hydrogen) atoms. The third-order valence-electron chi connectivity index (χ3n) is 3.27. The van der Waals surface area contributed by atoms with Gasteiger partial charge in [0.25, 0.3) is 0 Å². The van der Waals surface area contributed by atoms with Crippen molar-refractivity contribution >= 4 is 21.9 Å². The Morgan fingerprint density at radius 1 is 1.50 bits per heavy atom. The summed E-state index contributed by atoms with van der Waals surface area (Å²) < 4.78 is 13.8. The molecule has 5 heteroatoms. The third kappa shape index (κ3) is 3.09. The van der Waals surface area contributed by atoms with Crippen molar-refractivity contribution in [3.05, 3.63) is 34.1 Å². The molecule has 1 aliphatic heterocycles. The maximum Gasteiger partial charge on any atom is 0.320 e. The minimum atomic E-state index is -0.785. The highest BCUT2D eigenvalue weighted by Crippen LogP contribution is 2.22. The topological polar surface area (TPSA) is 40.5 Å². The fourth-order valence-electron chi connectivity index (χ4n) is 2.33. The molecule has 0 spiro atoms. The van der Waals surface area contributed by atoms with Crippen LogP contribution in [0, 0.1) is 5.82 Å². The lowest BCUT2D eigenvalue weighted by atomic mass is 10.0. The van der Waals surface area contributed by atoms with Gasteiger partial charge in [0.15, 0.2) is 0 Å². The van der Waals surface area contributed by atoms with Gasteiger partial charge in [-0.2, -0.15) is 0 Å². The fraction of sp³-hybridized carbons (Fsp3) is 0.462. The summed E-state index contributed by atoms with van der Waals surface area (Å²) in [5.41, 5.74) is 0.809. The zero-order valence-corrected chi connectivity index (χ0v) is 11.5. The highest BCUT2D eigenvalue weighted by molar-refractivity contribution is 9.10. The maximum absolute atomic E-state index is 13.4. The summed E-state index contributed by atoms with van der Waals surface area (Å²) in [5.74, 6) is -1.09. The van der Waals surface area contributed by atoms with Gasteiger partial charge in [-0.15, -0.1) is 0 Å². The number of halogens is 2. The SMILES string of the molecule is O=C(O)C1CCCCN1Cc1ccc(Br)c(F)c1. The number of carboxylic acids is 1. The molecular weight excluding hydrogens is 301 g/mol. The van der Waals surface area contributed by atoms with Crippen molar-refractivity contribution in [2.45, 2.75) is 31.8 Å². The number of hydrogen-bond acceptors (Lipinski definition) is 2. The summed E-state index contributed by atoms with van der Waals surface area (Å²) in [4.78, 5) is 13.1. The van der Waals surface area contributed by atoms with Crippen LogP contribution in [0.25, 0.3) is 0 Å². The molecule has 0 aliphatic carbocycles. The smallest absolute Gasteiger partial charge is 0.320 e. The monoisotopic (exact) mass is 315 g/mol. The van der Waals surface area contributed by atoms with Gasteiger partial charge >= 0.3 is 5.97 Å². The van der Waals surface area contributed by atoms with E-state index in [1.807, 2.05) is 11.0 Å². The Morgan fingerprint density at radius 3 is 2.94 bits per heavy atom. The van der Waals surface area contributed by atoms with E-state index in [0.29, 0.717) is 17.4 Å². The first-order valence-corrected chi connectivity index (χ1v) is 6.78. The van der Waals surface area contributed by atoms with Crippen LogP contribution in [0.5, 0.6) is 0 Å². The Kier molecular flexibility index (Phi) is 4.35. The van der Waals surface area contributed by atoms with E-state index < -0.39 is 12.0 Å². The van der Waals surface area contributed by atoms with E-state index in [2.05, 4.69) is 15.9 Å². The standard InChI is InChI=1S/C13H15BrFNO2/c14-10-5-4-9(7-11(10)15)8-16-6-2-1-3-12(16)13(17)18/h4-5,7,12H,1-3,6,8H2,(H,17,18). The molecule has 0 radical (unpaired) electrons. The molecular formula is C13H15BrFNO2. The highest BCUT2D eigenvalue weighted by atomic mass is 79.9. The van der Waals surface area contributed by atoms with Crippen molar-refractivity contribution in [2.24, 2.45) is 0 Å². The van der Waals surface area contributed by atoms with E-state index in [1.165, 1.54) is 6.07 Å².